The van der Waals surface area contributed by atoms with E-state index < -0.39 is 11.1 Å². The molecule has 0 fully saturated rings. The van der Waals surface area contributed by atoms with Gasteiger partial charge < -0.3 is 0 Å². The van der Waals surface area contributed by atoms with Gasteiger partial charge in [0.25, 0.3) is 0 Å². The lowest BCUT2D eigenvalue weighted by Crippen LogP contribution is -2.52. The maximum Gasteiger partial charge on any atom is 0.0970 e. The molecular weight excluding hydrogens is 657 g/mol. The second kappa shape index (κ2) is 14.8. The lowest BCUT2D eigenvalue weighted by molar-refractivity contribution is 0.407. The number of hydrogen-bond donors (Lipinski definition) is 2. The Morgan fingerprint density at radius 3 is 0.922 bits per heavy atom. The van der Waals surface area contributed by atoms with E-state index in [-0.39, 0.29) is 0 Å². The molecule has 0 atom stereocenters. The molecule has 7 aromatic rings. The normalized spacial score (nSPS) is 14.5. The zero-order chi connectivity index (χ0) is 34.5. The molecule has 2 N–H and O–H groups in total. The van der Waals surface area contributed by atoms with Gasteiger partial charge in [0.05, 0.1) is 11.1 Å². The van der Waals surface area contributed by atoms with Gasteiger partial charge in [-0.1, -0.05) is 193 Å². The van der Waals surface area contributed by atoms with Crippen LogP contribution >= 0.6 is 23.5 Å². The first-order chi connectivity index (χ1) is 25.2. The molecule has 0 amide bonds. The first-order valence-electron chi connectivity index (χ1n) is 17.6. The average Bonchev–Trinajstić information content (AvgIpc) is 3.20. The highest BCUT2D eigenvalue weighted by Crippen LogP contribution is 2.52. The van der Waals surface area contributed by atoms with Gasteiger partial charge in [-0.3, -0.25) is 10.6 Å². The monoisotopic (exact) mass is 696 g/mol. The van der Waals surface area contributed by atoms with Crippen molar-refractivity contribution in [3.8, 4) is 0 Å². The summed E-state index contributed by atoms with van der Waals surface area (Å²) in [5, 5.41) is 8.28. The van der Waals surface area contributed by atoms with Crippen LogP contribution in [0.3, 0.4) is 0 Å². The molecule has 0 spiro atoms. The topological polar surface area (TPSA) is 24.1 Å². The molecule has 0 saturated carbocycles. The highest BCUT2D eigenvalue weighted by molar-refractivity contribution is 7.99. The Morgan fingerprint density at radius 1 is 0.353 bits per heavy atom. The third-order valence-corrected chi connectivity index (χ3v) is 12.2. The van der Waals surface area contributed by atoms with Crippen molar-refractivity contribution in [2.75, 3.05) is 13.1 Å². The van der Waals surface area contributed by atoms with Crippen LogP contribution in [0.25, 0.3) is 0 Å². The lowest BCUT2D eigenvalue weighted by Gasteiger charge is -2.44. The molecule has 9 rings (SSSR count). The quantitative estimate of drug-likeness (QED) is 0.162. The zero-order valence-corrected chi connectivity index (χ0v) is 30.3. The van der Waals surface area contributed by atoms with E-state index in [1.807, 2.05) is 41.7 Å². The Morgan fingerprint density at radius 2 is 0.627 bits per heavy atom. The molecule has 2 aliphatic heterocycles. The Hall–Kier alpha value is -4.84. The summed E-state index contributed by atoms with van der Waals surface area (Å²) < 4.78 is 0. The molecule has 2 heterocycles. The van der Waals surface area contributed by atoms with Gasteiger partial charge in [0.1, 0.15) is 0 Å². The molecule has 0 saturated heterocycles. The molecule has 7 aromatic carbocycles. The number of rotatable bonds is 7. The van der Waals surface area contributed by atoms with Crippen molar-refractivity contribution < 1.29 is 0 Å². The molecule has 4 heteroatoms. The minimum absolute atomic E-state index is 0.473. The second-order valence-electron chi connectivity index (χ2n) is 12.9. The SMILES string of the molecule is Cc1ccccc1.c1ccc(C2(NCCNC3(c4ccccc4)c4ccccc4Sc4ccccc43)c3ccccc3Sc3ccccc32)cc1. The highest BCUT2D eigenvalue weighted by atomic mass is 32.2. The van der Waals surface area contributed by atoms with Gasteiger partial charge in [-0.25, -0.2) is 0 Å². The molecule has 0 radical (unpaired) electrons. The van der Waals surface area contributed by atoms with Gasteiger partial charge >= 0.3 is 0 Å². The average molecular weight is 697 g/mol. The maximum absolute atomic E-state index is 4.14. The summed E-state index contributed by atoms with van der Waals surface area (Å²) in [7, 11) is 0. The van der Waals surface area contributed by atoms with Gasteiger partial charge in [-0.15, -0.1) is 0 Å². The fraction of sp³-hybridized carbons (Fsp3) is 0.106. The van der Waals surface area contributed by atoms with Gasteiger partial charge in [0, 0.05) is 32.7 Å². The van der Waals surface area contributed by atoms with Crippen molar-refractivity contribution in [1.82, 2.24) is 10.6 Å². The summed E-state index contributed by atoms with van der Waals surface area (Å²) in [4.78, 5) is 5.18. The predicted octanol–water partition coefficient (Wildman–Crippen LogP) is 11.1. The van der Waals surface area contributed by atoms with Crippen LogP contribution in [0, 0.1) is 6.92 Å². The van der Waals surface area contributed by atoms with Gasteiger partial charge in [-0.05, 0) is 64.6 Å². The van der Waals surface area contributed by atoms with Crippen LogP contribution in [0.2, 0.25) is 0 Å². The van der Waals surface area contributed by atoms with Crippen LogP contribution in [-0.4, -0.2) is 13.1 Å². The van der Waals surface area contributed by atoms with Crippen molar-refractivity contribution in [3.63, 3.8) is 0 Å². The van der Waals surface area contributed by atoms with Crippen molar-refractivity contribution >= 4 is 23.5 Å². The van der Waals surface area contributed by atoms with E-state index in [9.17, 15) is 0 Å². The zero-order valence-electron chi connectivity index (χ0n) is 28.6. The molecular formula is C47H40N2S2. The maximum atomic E-state index is 4.14. The Labute approximate surface area is 310 Å². The molecule has 0 unspecified atom stereocenters. The van der Waals surface area contributed by atoms with Crippen molar-refractivity contribution in [2.24, 2.45) is 0 Å². The minimum atomic E-state index is -0.473. The van der Waals surface area contributed by atoms with Crippen LogP contribution in [0.1, 0.15) is 38.9 Å². The van der Waals surface area contributed by atoms with Crippen LogP contribution in [0.5, 0.6) is 0 Å². The summed E-state index contributed by atoms with van der Waals surface area (Å²) in [5.74, 6) is 0. The number of nitrogens with one attached hydrogen (secondary N) is 2. The summed E-state index contributed by atoms with van der Waals surface area (Å²) in [5.41, 5.74) is 8.09. The van der Waals surface area contributed by atoms with Crippen molar-refractivity contribution in [3.05, 3.63) is 227 Å². The van der Waals surface area contributed by atoms with E-state index in [4.69, 9.17) is 0 Å². The molecule has 0 aliphatic carbocycles. The van der Waals surface area contributed by atoms with Gasteiger partial charge in [0.2, 0.25) is 0 Å². The first-order valence-corrected chi connectivity index (χ1v) is 19.2. The molecule has 0 aromatic heterocycles. The molecule has 2 nitrogen and oxygen atoms in total. The molecule has 250 valence electrons. The molecule has 2 aliphatic rings. The summed E-state index contributed by atoms with van der Waals surface area (Å²) in [6, 6.07) is 67.6. The van der Waals surface area contributed by atoms with Crippen molar-refractivity contribution in [2.45, 2.75) is 37.6 Å². The number of hydrogen-bond acceptors (Lipinski definition) is 4. The van der Waals surface area contributed by atoms with E-state index in [1.165, 1.54) is 58.5 Å². The van der Waals surface area contributed by atoms with Crippen LogP contribution in [0.15, 0.2) is 208 Å². The fourth-order valence-corrected chi connectivity index (χ4v) is 9.99. The number of fused-ring (bicyclic) bond motifs is 4. The van der Waals surface area contributed by atoms with E-state index in [0.717, 1.165) is 13.1 Å². The van der Waals surface area contributed by atoms with Crippen molar-refractivity contribution in [1.29, 1.82) is 0 Å². The Kier molecular flexibility index (Phi) is 9.66. The van der Waals surface area contributed by atoms with E-state index in [0.29, 0.717) is 0 Å². The van der Waals surface area contributed by atoms with E-state index in [1.54, 1.807) is 0 Å². The van der Waals surface area contributed by atoms with Crippen LogP contribution in [-0.2, 0) is 11.1 Å². The second-order valence-corrected chi connectivity index (χ2v) is 15.1. The number of aryl methyl sites for hydroxylation is 1. The van der Waals surface area contributed by atoms with Crippen LogP contribution in [0.4, 0.5) is 0 Å². The Bertz CT molecular complexity index is 2000. The van der Waals surface area contributed by atoms with E-state index in [2.05, 4.69) is 187 Å². The van der Waals surface area contributed by atoms with E-state index >= 15 is 0 Å². The fourth-order valence-electron chi connectivity index (χ4n) is 7.61. The highest BCUT2D eigenvalue weighted by Gasteiger charge is 2.44. The number of benzene rings is 7. The summed E-state index contributed by atoms with van der Waals surface area (Å²) in [6.45, 7) is 3.60. The summed E-state index contributed by atoms with van der Waals surface area (Å²) >= 11 is 3.73. The van der Waals surface area contributed by atoms with Gasteiger partial charge in [0.15, 0.2) is 0 Å². The lowest BCUT2D eigenvalue weighted by atomic mass is 9.76. The smallest absolute Gasteiger partial charge is 0.0970 e. The minimum Gasteiger partial charge on any atom is -0.299 e. The standard InChI is InChI=1S/C40H32N2S2.C7H8/c1-3-15-29(16-4-1)39(31-19-7-11-23-35(31)43-36-24-12-8-20-32(36)39)41-27-28-42-40(30-17-5-2-6-18-30)33-21-9-13-25-37(33)44-38-26-14-10-22-34(38)40;1-7-5-3-2-4-6-7/h1-26,41-42H,27-28H2;2-6H,1H3. The molecule has 0 bridgehead atoms. The first kappa shape index (κ1) is 33.3. The van der Waals surface area contributed by atoms with Gasteiger partial charge in [-0.2, -0.15) is 0 Å². The molecule has 51 heavy (non-hydrogen) atoms. The third kappa shape index (κ3) is 6.23. The third-order valence-electron chi connectivity index (χ3n) is 9.86. The summed E-state index contributed by atoms with van der Waals surface area (Å²) in [6.07, 6.45) is 0. The predicted molar refractivity (Wildman–Crippen MR) is 214 cm³/mol. The largest absolute Gasteiger partial charge is 0.299 e. The van der Waals surface area contributed by atoms with Crippen LogP contribution < -0.4 is 10.6 Å². The Balaban J connectivity index is 0.000000480.